The fourth-order valence-corrected chi connectivity index (χ4v) is 4.10. The number of rotatable bonds is 9. The summed E-state index contributed by atoms with van der Waals surface area (Å²) in [4.78, 5) is 14.7. The third kappa shape index (κ3) is 6.42. The summed E-state index contributed by atoms with van der Waals surface area (Å²) in [5.41, 5.74) is 0. The van der Waals surface area contributed by atoms with Gasteiger partial charge in [-0.25, -0.2) is 0 Å². The Morgan fingerprint density at radius 3 is 2.48 bits per heavy atom. The zero-order valence-electron chi connectivity index (χ0n) is 14.9. The molecule has 1 saturated carbocycles. The van der Waals surface area contributed by atoms with Gasteiger partial charge in [-0.2, -0.15) is 0 Å². The normalized spacial score (nSPS) is 22.9. The average Bonchev–Trinajstić information content (AvgIpc) is 3.08. The summed E-state index contributed by atoms with van der Waals surface area (Å²) in [6.07, 6.45) is 11.9. The lowest BCUT2D eigenvalue weighted by molar-refractivity contribution is -0.123. The van der Waals surface area contributed by atoms with Gasteiger partial charge in [0.25, 0.3) is 0 Å². The second-order valence-electron chi connectivity index (χ2n) is 7.53. The molecule has 1 aliphatic heterocycles. The van der Waals surface area contributed by atoms with E-state index in [0.717, 1.165) is 51.7 Å². The molecule has 0 spiro atoms. The van der Waals surface area contributed by atoms with Crippen molar-refractivity contribution in [1.82, 2.24) is 10.2 Å². The number of carbonyl (C=O) groups excluding carboxylic acids is 1. The zero-order valence-corrected chi connectivity index (χ0v) is 14.9. The topological polar surface area (TPSA) is 52.6 Å². The highest BCUT2D eigenvalue weighted by Gasteiger charge is 2.31. The van der Waals surface area contributed by atoms with Crippen molar-refractivity contribution in [2.24, 2.45) is 5.92 Å². The van der Waals surface area contributed by atoms with Gasteiger partial charge in [0.1, 0.15) is 0 Å². The number of unbranched alkanes of at least 4 members (excludes halogenated alkanes) is 2. The van der Waals surface area contributed by atoms with Crippen LogP contribution >= 0.6 is 0 Å². The Morgan fingerprint density at radius 2 is 1.83 bits per heavy atom. The van der Waals surface area contributed by atoms with Crippen molar-refractivity contribution in [3.63, 3.8) is 0 Å². The molecule has 134 valence electrons. The van der Waals surface area contributed by atoms with E-state index >= 15 is 0 Å². The van der Waals surface area contributed by atoms with E-state index in [9.17, 15) is 9.90 Å². The molecule has 4 heteroatoms. The summed E-state index contributed by atoms with van der Waals surface area (Å²) in [5.74, 6) is 0.491. The zero-order chi connectivity index (χ0) is 16.5. The Labute approximate surface area is 142 Å². The van der Waals surface area contributed by atoms with Gasteiger partial charge in [-0.3, -0.25) is 4.79 Å². The van der Waals surface area contributed by atoms with Crippen molar-refractivity contribution in [1.29, 1.82) is 0 Å². The van der Waals surface area contributed by atoms with Gasteiger partial charge in [-0.1, -0.05) is 39.0 Å². The van der Waals surface area contributed by atoms with Crippen molar-refractivity contribution in [3.05, 3.63) is 0 Å². The first-order chi connectivity index (χ1) is 11.2. The van der Waals surface area contributed by atoms with E-state index in [0.29, 0.717) is 12.3 Å². The number of amides is 1. The maximum Gasteiger partial charge on any atom is 0.220 e. The molecule has 0 aromatic carbocycles. The lowest BCUT2D eigenvalue weighted by Gasteiger charge is -2.34. The molecule has 2 aliphatic rings. The van der Waals surface area contributed by atoms with E-state index in [1.54, 1.807) is 0 Å². The van der Waals surface area contributed by atoms with E-state index < -0.39 is 0 Å². The van der Waals surface area contributed by atoms with Crippen LogP contribution in [0.15, 0.2) is 0 Å². The fraction of sp³-hybridized carbons (Fsp3) is 0.947. The maximum atomic E-state index is 12.2. The predicted octanol–water partition coefficient (Wildman–Crippen LogP) is 3.09. The molecule has 0 bridgehead atoms. The van der Waals surface area contributed by atoms with Crippen LogP contribution in [0, 0.1) is 5.92 Å². The minimum absolute atomic E-state index is 0.0923. The summed E-state index contributed by atoms with van der Waals surface area (Å²) < 4.78 is 0. The molecule has 2 fully saturated rings. The highest BCUT2D eigenvalue weighted by Crippen LogP contribution is 2.28. The standard InChI is InChI=1S/C19H36N2O2/c1-2-3-5-12-18(22)20-17(15-21-13-8-9-14-21)19(23)16-10-6-4-7-11-16/h16-17,19,23H,2-15H2,1H3,(H,20,22). The van der Waals surface area contributed by atoms with Gasteiger partial charge in [0.05, 0.1) is 12.1 Å². The quantitative estimate of drug-likeness (QED) is 0.641. The largest absolute Gasteiger partial charge is 0.391 e. The van der Waals surface area contributed by atoms with Gasteiger partial charge < -0.3 is 15.3 Å². The van der Waals surface area contributed by atoms with Crippen LogP contribution in [0.4, 0.5) is 0 Å². The van der Waals surface area contributed by atoms with Crippen molar-refractivity contribution in [3.8, 4) is 0 Å². The van der Waals surface area contributed by atoms with Crippen LogP contribution in [0.25, 0.3) is 0 Å². The van der Waals surface area contributed by atoms with E-state index in [2.05, 4.69) is 17.1 Å². The van der Waals surface area contributed by atoms with Crippen molar-refractivity contribution in [2.45, 2.75) is 89.7 Å². The average molecular weight is 325 g/mol. The Bertz CT molecular complexity index is 336. The SMILES string of the molecule is CCCCCC(=O)NC(CN1CCCC1)C(O)C1CCCCC1. The molecule has 2 unspecified atom stereocenters. The van der Waals surface area contributed by atoms with Crippen LogP contribution in [-0.4, -0.2) is 47.7 Å². The van der Waals surface area contributed by atoms with Crippen LogP contribution in [0.3, 0.4) is 0 Å². The number of nitrogens with zero attached hydrogens (tertiary/aromatic N) is 1. The summed E-state index contributed by atoms with van der Waals surface area (Å²) in [6.45, 7) is 5.19. The van der Waals surface area contributed by atoms with Gasteiger partial charge in [0, 0.05) is 13.0 Å². The Kier molecular flexibility index (Phi) is 8.38. The molecular formula is C19H36N2O2. The molecule has 1 heterocycles. The van der Waals surface area contributed by atoms with Gasteiger partial charge in [-0.05, 0) is 51.1 Å². The molecule has 23 heavy (non-hydrogen) atoms. The molecule has 0 aromatic heterocycles. The van der Waals surface area contributed by atoms with Gasteiger partial charge in [0.2, 0.25) is 5.91 Å². The minimum Gasteiger partial charge on any atom is -0.391 e. The van der Waals surface area contributed by atoms with Crippen LogP contribution < -0.4 is 5.32 Å². The highest BCUT2D eigenvalue weighted by atomic mass is 16.3. The van der Waals surface area contributed by atoms with Crippen molar-refractivity contribution in [2.75, 3.05) is 19.6 Å². The number of likely N-dealkylation sites (tertiary alicyclic amines) is 1. The molecule has 2 rings (SSSR count). The van der Waals surface area contributed by atoms with Crippen LogP contribution in [0.5, 0.6) is 0 Å². The van der Waals surface area contributed by atoms with Crippen molar-refractivity contribution < 1.29 is 9.90 Å². The Hall–Kier alpha value is -0.610. The van der Waals surface area contributed by atoms with E-state index in [4.69, 9.17) is 0 Å². The third-order valence-electron chi connectivity index (χ3n) is 5.55. The first kappa shape index (κ1) is 18.7. The molecule has 2 N–H and O–H groups in total. The molecule has 4 nitrogen and oxygen atoms in total. The number of hydrogen-bond donors (Lipinski definition) is 2. The van der Waals surface area contributed by atoms with Crippen molar-refractivity contribution >= 4 is 5.91 Å². The predicted molar refractivity (Wildman–Crippen MR) is 94.3 cm³/mol. The van der Waals surface area contributed by atoms with Crippen LogP contribution in [0.2, 0.25) is 0 Å². The highest BCUT2D eigenvalue weighted by molar-refractivity contribution is 5.76. The monoisotopic (exact) mass is 324 g/mol. The van der Waals surface area contributed by atoms with E-state index in [1.165, 1.54) is 32.1 Å². The first-order valence-corrected chi connectivity index (χ1v) is 9.90. The summed E-state index contributed by atoms with van der Waals surface area (Å²) in [5, 5.41) is 14.0. The van der Waals surface area contributed by atoms with Crippen LogP contribution in [0.1, 0.15) is 77.6 Å². The molecule has 1 saturated heterocycles. The smallest absolute Gasteiger partial charge is 0.220 e. The minimum atomic E-state index is -0.383. The van der Waals surface area contributed by atoms with Crippen LogP contribution in [-0.2, 0) is 4.79 Å². The van der Waals surface area contributed by atoms with Gasteiger partial charge in [0.15, 0.2) is 0 Å². The molecule has 1 amide bonds. The van der Waals surface area contributed by atoms with E-state index in [-0.39, 0.29) is 18.1 Å². The first-order valence-electron chi connectivity index (χ1n) is 9.90. The molecule has 0 aromatic rings. The van der Waals surface area contributed by atoms with Gasteiger partial charge in [-0.15, -0.1) is 0 Å². The number of aliphatic hydroxyl groups is 1. The lowest BCUT2D eigenvalue weighted by Crippen LogP contribution is -2.52. The number of hydrogen-bond acceptors (Lipinski definition) is 3. The second-order valence-corrected chi connectivity index (χ2v) is 7.53. The molecular weight excluding hydrogens is 288 g/mol. The maximum absolute atomic E-state index is 12.2. The fourth-order valence-electron chi connectivity index (χ4n) is 4.10. The second kappa shape index (κ2) is 10.3. The third-order valence-corrected chi connectivity index (χ3v) is 5.55. The lowest BCUT2D eigenvalue weighted by atomic mass is 9.82. The molecule has 0 radical (unpaired) electrons. The number of nitrogens with one attached hydrogen (secondary N) is 1. The van der Waals surface area contributed by atoms with E-state index in [1.807, 2.05) is 0 Å². The van der Waals surface area contributed by atoms with Gasteiger partial charge >= 0.3 is 0 Å². The summed E-state index contributed by atoms with van der Waals surface area (Å²) >= 11 is 0. The number of aliphatic hydroxyl groups excluding tert-OH is 1. The number of carbonyl (C=O) groups is 1. The Morgan fingerprint density at radius 1 is 1.13 bits per heavy atom. The summed E-state index contributed by atoms with van der Waals surface area (Å²) in [6, 6.07) is -0.0923. The molecule has 2 atom stereocenters. The Balaban J connectivity index is 1.88. The molecule has 1 aliphatic carbocycles. The summed E-state index contributed by atoms with van der Waals surface area (Å²) in [7, 11) is 0.